The van der Waals surface area contributed by atoms with Crippen LogP contribution in [0.15, 0.2) is 35.2 Å². The molecule has 0 aliphatic carbocycles. The molecule has 0 N–H and O–H groups in total. The lowest BCUT2D eigenvalue weighted by molar-refractivity contribution is -0.0168. The minimum absolute atomic E-state index is 0.288. The van der Waals surface area contributed by atoms with Gasteiger partial charge in [0.05, 0.1) is 19.8 Å². The summed E-state index contributed by atoms with van der Waals surface area (Å²) in [4.78, 5) is 1.13. The van der Waals surface area contributed by atoms with E-state index in [1.165, 1.54) is 0 Å². The number of hydrogen-bond donors (Lipinski definition) is 0. The van der Waals surface area contributed by atoms with Crippen LogP contribution in [-0.2, 0) is 17.1 Å². The highest BCUT2D eigenvalue weighted by atomic mass is 35.5. The number of halogens is 1. The fourth-order valence-electron chi connectivity index (χ4n) is 2.76. The molecule has 0 saturated heterocycles. The molecule has 2 aliphatic rings. The molecule has 4 rings (SSSR count). The smallest absolute Gasteiger partial charge is 0.189 e. The summed E-state index contributed by atoms with van der Waals surface area (Å²) in [6.45, 7) is 2.22. The predicted octanol–water partition coefficient (Wildman–Crippen LogP) is 4.66. The van der Waals surface area contributed by atoms with Crippen LogP contribution in [0.1, 0.15) is 17.5 Å². The Morgan fingerprint density at radius 3 is 2.79 bits per heavy atom. The number of hydrogen-bond acceptors (Lipinski definition) is 5. The first kappa shape index (κ1) is 15.9. The molecule has 0 radical (unpaired) electrons. The Bertz CT molecular complexity index is 750. The van der Waals surface area contributed by atoms with Crippen LogP contribution in [0, 0.1) is 0 Å². The molecule has 2 aromatic carbocycles. The van der Waals surface area contributed by atoms with Crippen molar-refractivity contribution in [2.45, 2.75) is 23.7 Å². The van der Waals surface area contributed by atoms with E-state index in [0.29, 0.717) is 24.8 Å². The van der Waals surface area contributed by atoms with E-state index in [1.807, 2.05) is 24.3 Å². The van der Waals surface area contributed by atoms with Crippen LogP contribution in [0.4, 0.5) is 0 Å². The molecular formula is C18H17ClO4S. The summed E-state index contributed by atoms with van der Waals surface area (Å²) >= 11 is 7.94. The molecule has 0 unspecified atom stereocenters. The molecule has 0 atom stereocenters. The van der Waals surface area contributed by atoms with Crippen molar-refractivity contribution in [1.29, 1.82) is 0 Å². The molecule has 0 aromatic heterocycles. The minimum Gasteiger partial charge on any atom is -0.490 e. The van der Waals surface area contributed by atoms with Crippen LogP contribution in [-0.4, -0.2) is 20.0 Å². The zero-order chi connectivity index (χ0) is 16.4. The molecule has 0 bridgehead atoms. The Labute approximate surface area is 150 Å². The van der Waals surface area contributed by atoms with Crippen LogP contribution in [0.5, 0.6) is 17.2 Å². The summed E-state index contributed by atoms with van der Waals surface area (Å²) in [5.74, 6) is 3.29. The highest BCUT2D eigenvalue weighted by Crippen LogP contribution is 2.38. The number of benzene rings is 2. The first-order chi connectivity index (χ1) is 11.8. The Hall–Kier alpha value is -1.56. The summed E-state index contributed by atoms with van der Waals surface area (Å²) in [5, 5.41) is 0.706. The van der Waals surface area contributed by atoms with Crippen molar-refractivity contribution in [3.8, 4) is 17.2 Å². The van der Waals surface area contributed by atoms with E-state index in [-0.39, 0.29) is 6.79 Å². The van der Waals surface area contributed by atoms with Gasteiger partial charge in [-0.3, -0.25) is 0 Å². The van der Waals surface area contributed by atoms with Crippen LogP contribution >= 0.6 is 23.4 Å². The van der Waals surface area contributed by atoms with Gasteiger partial charge in [0.2, 0.25) is 0 Å². The zero-order valence-electron chi connectivity index (χ0n) is 13.0. The maximum atomic E-state index is 6.22. The fraction of sp³-hybridized carbons (Fsp3) is 0.333. The summed E-state index contributed by atoms with van der Waals surface area (Å²) in [6.07, 6.45) is 0.908. The van der Waals surface area contributed by atoms with E-state index in [9.17, 15) is 0 Å². The lowest BCUT2D eigenvalue weighted by Gasteiger charge is -2.21. The first-order valence-corrected chi connectivity index (χ1v) is 9.20. The largest absolute Gasteiger partial charge is 0.490 e. The van der Waals surface area contributed by atoms with Crippen molar-refractivity contribution in [3.05, 3.63) is 46.5 Å². The van der Waals surface area contributed by atoms with Gasteiger partial charge in [-0.15, -0.1) is 11.8 Å². The molecule has 0 amide bonds. The van der Waals surface area contributed by atoms with Crippen molar-refractivity contribution in [1.82, 2.24) is 0 Å². The van der Waals surface area contributed by atoms with Crippen molar-refractivity contribution >= 4 is 23.4 Å². The van der Waals surface area contributed by atoms with Gasteiger partial charge in [0.15, 0.2) is 18.3 Å². The van der Waals surface area contributed by atoms with Gasteiger partial charge in [-0.2, -0.15) is 0 Å². The third-order valence-electron chi connectivity index (χ3n) is 3.87. The quantitative estimate of drug-likeness (QED) is 0.740. The lowest BCUT2D eigenvalue weighted by atomic mass is 10.1. The Kier molecular flexibility index (Phi) is 4.74. The van der Waals surface area contributed by atoms with Gasteiger partial charge in [0.1, 0.15) is 5.75 Å². The van der Waals surface area contributed by atoms with E-state index >= 15 is 0 Å². The number of ether oxygens (including phenoxy) is 4. The van der Waals surface area contributed by atoms with Crippen LogP contribution in [0.2, 0.25) is 5.02 Å². The normalized spacial score (nSPS) is 16.0. The fourth-order valence-corrected chi connectivity index (χ4v) is 3.91. The highest BCUT2D eigenvalue weighted by Gasteiger charge is 2.17. The van der Waals surface area contributed by atoms with Gasteiger partial charge in [0, 0.05) is 33.2 Å². The van der Waals surface area contributed by atoms with Gasteiger partial charge in [-0.1, -0.05) is 11.6 Å². The van der Waals surface area contributed by atoms with Gasteiger partial charge in [-0.05, 0) is 30.3 Å². The topological polar surface area (TPSA) is 36.9 Å². The SMILES string of the molecule is Clc1cc2c(c(CSc3ccc4c(c3)OCCCO4)c1)OCOC2. The maximum absolute atomic E-state index is 6.22. The molecule has 0 saturated carbocycles. The second-order valence-electron chi connectivity index (χ2n) is 5.61. The van der Waals surface area contributed by atoms with Crippen molar-refractivity contribution in [3.63, 3.8) is 0 Å². The van der Waals surface area contributed by atoms with Crippen molar-refractivity contribution in [2.24, 2.45) is 0 Å². The van der Waals surface area contributed by atoms with Gasteiger partial charge in [-0.25, -0.2) is 0 Å². The predicted molar refractivity (Wildman–Crippen MR) is 93.3 cm³/mol. The number of thioether (sulfide) groups is 1. The molecule has 4 nitrogen and oxygen atoms in total. The lowest BCUT2D eigenvalue weighted by Crippen LogP contribution is -2.12. The molecular weight excluding hydrogens is 348 g/mol. The van der Waals surface area contributed by atoms with E-state index in [2.05, 4.69) is 6.07 Å². The molecule has 24 heavy (non-hydrogen) atoms. The molecule has 2 aromatic rings. The standard InChI is InChI=1S/C18H17ClO4S/c19-14-6-12-9-20-11-23-18(12)13(7-14)10-24-15-2-3-16-17(8-15)22-5-1-4-21-16/h2-3,6-8H,1,4-5,9-11H2. The second kappa shape index (κ2) is 7.13. The van der Waals surface area contributed by atoms with E-state index < -0.39 is 0 Å². The minimum atomic E-state index is 0.288. The number of rotatable bonds is 3. The Morgan fingerprint density at radius 2 is 1.88 bits per heavy atom. The average Bonchev–Trinajstić information content (AvgIpc) is 2.84. The zero-order valence-corrected chi connectivity index (χ0v) is 14.6. The third kappa shape index (κ3) is 3.43. The molecule has 126 valence electrons. The molecule has 2 aliphatic heterocycles. The summed E-state index contributed by atoms with van der Waals surface area (Å²) in [6, 6.07) is 9.92. The van der Waals surface area contributed by atoms with Crippen LogP contribution in [0.25, 0.3) is 0 Å². The maximum Gasteiger partial charge on any atom is 0.189 e. The molecule has 0 fully saturated rings. The monoisotopic (exact) mass is 364 g/mol. The van der Waals surface area contributed by atoms with Gasteiger partial charge >= 0.3 is 0 Å². The third-order valence-corrected chi connectivity index (χ3v) is 5.13. The molecule has 6 heteroatoms. The summed E-state index contributed by atoms with van der Waals surface area (Å²) in [7, 11) is 0. The highest BCUT2D eigenvalue weighted by molar-refractivity contribution is 7.98. The Balaban J connectivity index is 1.53. The number of fused-ring (bicyclic) bond motifs is 2. The van der Waals surface area contributed by atoms with Crippen molar-refractivity contribution in [2.75, 3.05) is 20.0 Å². The van der Waals surface area contributed by atoms with E-state index in [4.69, 9.17) is 30.5 Å². The van der Waals surface area contributed by atoms with Crippen LogP contribution < -0.4 is 14.2 Å². The van der Waals surface area contributed by atoms with Crippen molar-refractivity contribution < 1.29 is 18.9 Å². The van der Waals surface area contributed by atoms with Crippen LogP contribution in [0.3, 0.4) is 0 Å². The van der Waals surface area contributed by atoms with Gasteiger partial charge in [0.25, 0.3) is 0 Å². The first-order valence-electron chi connectivity index (χ1n) is 7.84. The summed E-state index contributed by atoms with van der Waals surface area (Å²) < 4.78 is 22.4. The molecule has 0 spiro atoms. The average molecular weight is 365 g/mol. The molecule has 2 heterocycles. The summed E-state index contributed by atoms with van der Waals surface area (Å²) in [5.41, 5.74) is 2.08. The Morgan fingerprint density at radius 1 is 1.00 bits per heavy atom. The van der Waals surface area contributed by atoms with Gasteiger partial charge < -0.3 is 18.9 Å². The van der Waals surface area contributed by atoms with E-state index in [0.717, 1.165) is 45.4 Å². The van der Waals surface area contributed by atoms with E-state index in [1.54, 1.807) is 11.8 Å². The second-order valence-corrected chi connectivity index (χ2v) is 7.10.